The Morgan fingerprint density at radius 3 is 2.88 bits per heavy atom. The highest BCUT2D eigenvalue weighted by Crippen LogP contribution is 2.27. The Hall–Kier alpha value is -3.15. The first kappa shape index (κ1) is 14.4. The van der Waals surface area contributed by atoms with Gasteiger partial charge in [0.25, 0.3) is 5.91 Å². The van der Waals surface area contributed by atoms with Crippen LogP contribution in [0.2, 0.25) is 0 Å². The number of hydrogen-bond acceptors (Lipinski definition) is 4. The highest BCUT2D eigenvalue weighted by molar-refractivity contribution is 5.97. The van der Waals surface area contributed by atoms with Crippen molar-refractivity contribution in [1.29, 1.82) is 0 Å². The van der Waals surface area contributed by atoms with Crippen LogP contribution in [0.4, 0.5) is 0 Å². The van der Waals surface area contributed by atoms with Gasteiger partial charge in [0.15, 0.2) is 0 Å². The molecule has 1 N–H and O–H groups in total. The van der Waals surface area contributed by atoms with Crippen molar-refractivity contribution < 1.29 is 9.53 Å². The molecule has 1 atom stereocenters. The van der Waals surface area contributed by atoms with Gasteiger partial charge in [0.2, 0.25) is 0 Å². The van der Waals surface area contributed by atoms with Gasteiger partial charge in [-0.25, -0.2) is 4.68 Å². The number of amides is 1. The molecule has 0 spiro atoms. The van der Waals surface area contributed by atoms with Gasteiger partial charge in [-0.15, -0.1) is 5.10 Å². The maximum Gasteiger partial charge on any atom is 0.253 e. The number of hydrogen-bond donors (Lipinski definition) is 1. The van der Waals surface area contributed by atoms with E-state index in [1.165, 1.54) is 5.56 Å². The molecule has 1 aliphatic rings. The van der Waals surface area contributed by atoms with Crippen LogP contribution in [0.15, 0.2) is 60.9 Å². The van der Waals surface area contributed by atoms with Crippen LogP contribution in [0.25, 0.3) is 5.69 Å². The lowest BCUT2D eigenvalue weighted by molar-refractivity contribution is 0.0933. The zero-order valence-corrected chi connectivity index (χ0v) is 12.9. The minimum atomic E-state index is -0.152. The number of carbonyl (C=O) groups excluding carboxylic acids is 1. The number of ether oxygens (including phenoxy) is 1. The highest BCUT2D eigenvalue weighted by atomic mass is 16.5. The molecule has 1 unspecified atom stereocenters. The minimum Gasteiger partial charge on any atom is -0.488 e. The molecule has 0 aliphatic carbocycles. The largest absolute Gasteiger partial charge is 0.488 e. The zero-order chi connectivity index (χ0) is 16.4. The summed E-state index contributed by atoms with van der Waals surface area (Å²) in [4.78, 5) is 12.6. The summed E-state index contributed by atoms with van der Waals surface area (Å²) in [5, 5.41) is 10.7. The van der Waals surface area contributed by atoms with E-state index < -0.39 is 0 Å². The van der Waals surface area contributed by atoms with Gasteiger partial charge >= 0.3 is 0 Å². The summed E-state index contributed by atoms with van der Waals surface area (Å²) in [6.07, 6.45) is 4.06. The molecule has 0 saturated heterocycles. The molecule has 120 valence electrons. The van der Waals surface area contributed by atoms with E-state index in [4.69, 9.17) is 4.74 Å². The molecule has 2 aromatic carbocycles. The van der Waals surface area contributed by atoms with Gasteiger partial charge in [0.05, 0.1) is 30.2 Å². The molecule has 0 radical (unpaired) electrons. The van der Waals surface area contributed by atoms with Crippen molar-refractivity contribution in [2.24, 2.45) is 0 Å². The average Bonchev–Trinajstić information content (AvgIpc) is 3.28. The van der Waals surface area contributed by atoms with Crippen molar-refractivity contribution in [1.82, 2.24) is 20.3 Å². The highest BCUT2D eigenvalue weighted by Gasteiger charge is 2.23. The molecular formula is C18H16N4O2. The third-order valence-electron chi connectivity index (χ3n) is 4.02. The SMILES string of the molecule is O=C(NCC1Cc2ccccc2O1)c1ccccc1-n1ccnn1. The van der Waals surface area contributed by atoms with E-state index in [1.54, 1.807) is 23.1 Å². The number of rotatable bonds is 4. The van der Waals surface area contributed by atoms with Crippen molar-refractivity contribution in [2.45, 2.75) is 12.5 Å². The normalized spacial score (nSPS) is 15.6. The van der Waals surface area contributed by atoms with Gasteiger partial charge in [-0.2, -0.15) is 0 Å². The fourth-order valence-electron chi connectivity index (χ4n) is 2.87. The lowest BCUT2D eigenvalue weighted by Gasteiger charge is -2.13. The van der Waals surface area contributed by atoms with Crippen molar-refractivity contribution in [3.63, 3.8) is 0 Å². The van der Waals surface area contributed by atoms with Crippen LogP contribution in [-0.2, 0) is 6.42 Å². The molecule has 24 heavy (non-hydrogen) atoms. The summed E-state index contributed by atoms with van der Waals surface area (Å²) in [6, 6.07) is 15.3. The van der Waals surface area contributed by atoms with Gasteiger partial charge in [0, 0.05) is 6.42 Å². The monoisotopic (exact) mass is 320 g/mol. The Morgan fingerprint density at radius 2 is 2.04 bits per heavy atom. The van der Waals surface area contributed by atoms with Crippen LogP contribution in [-0.4, -0.2) is 33.5 Å². The zero-order valence-electron chi connectivity index (χ0n) is 12.9. The molecule has 0 saturated carbocycles. The summed E-state index contributed by atoms with van der Waals surface area (Å²) in [6.45, 7) is 0.458. The van der Waals surface area contributed by atoms with Gasteiger partial charge in [0.1, 0.15) is 11.9 Å². The Morgan fingerprint density at radius 1 is 1.21 bits per heavy atom. The van der Waals surface area contributed by atoms with Crippen molar-refractivity contribution >= 4 is 5.91 Å². The van der Waals surface area contributed by atoms with Gasteiger partial charge < -0.3 is 10.1 Å². The second kappa shape index (κ2) is 6.16. The van der Waals surface area contributed by atoms with Gasteiger partial charge in [-0.3, -0.25) is 4.79 Å². The topological polar surface area (TPSA) is 69.0 Å². The van der Waals surface area contributed by atoms with Gasteiger partial charge in [-0.1, -0.05) is 35.5 Å². The molecule has 1 amide bonds. The fourth-order valence-corrected chi connectivity index (χ4v) is 2.87. The van der Waals surface area contributed by atoms with E-state index in [2.05, 4.69) is 21.7 Å². The number of fused-ring (bicyclic) bond motifs is 1. The molecule has 1 aromatic heterocycles. The summed E-state index contributed by atoms with van der Waals surface area (Å²) >= 11 is 0. The molecular weight excluding hydrogens is 304 g/mol. The lowest BCUT2D eigenvalue weighted by atomic mass is 10.1. The first-order valence-electron chi connectivity index (χ1n) is 7.80. The van der Waals surface area contributed by atoms with Crippen LogP contribution >= 0.6 is 0 Å². The smallest absolute Gasteiger partial charge is 0.253 e. The van der Waals surface area contributed by atoms with Crippen LogP contribution in [0.3, 0.4) is 0 Å². The van der Waals surface area contributed by atoms with E-state index in [-0.39, 0.29) is 12.0 Å². The Kier molecular flexibility index (Phi) is 3.70. The molecule has 6 nitrogen and oxygen atoms in total. The quantitative estimate of drug-likeness (QED) is 0.798. The number of nitrogens with one attached hydrogen (secondary N) is 1. The predicted molar refractivity (Wildman–Crippen MR) is 88.3 cm³/mol. The Balaban J connectivity index is 1.45. The van der Waals surface area contributed by atoms with E-state index in [0.29, 0.717) is 17.8 Å². The van der Waals surface area contributed by atoms with Crippen molar-refractivity contribution in [2.75, 3.05) is 6.54 Å². The third kappa shape index (κ3) is 2.74. The first-order valence-corrected chi connectivity index (χ1v) is 7.80. The first-order chi connectivity index (χ1) is 11.8. The molecule has 1 aliphatic heterocycles. The summed E-state index contributed by atoms with van der Waals surface area (Å²) in [5.74, 6) is 0.750. The Labute approximate surface area is 139 Å². The molecule has 2 heterocycles. The van der Waals surface area contributed by atoms with E-state index in [1.807, 2.05) is 36.4 Å². The van der Waals surface area contributed by atoms with Crippen molar-refractivity contribution in [3.05, 3.63) is 72.1 Å². The van der Waals surface area contributed by atoms with E-state index in [9.17, 15) is 4.79 Å². The standard InChI is InChI=1S/C18H16N4O2/c23-18(15-6-2-3-7-16(15)22-10-9-20-21-22)19-12-14-11-13-5-1-4-8-17(13)24-14/h1-10,14H,11-12H2,(H,19,23). The predicted octanol–water partition coefficient (Wildman–Crippen LogP) is 2.00. The van der Waals surface area contributed by atoms with Crippen LogP contribution < -0.4 is 10.1 Å². The number of benzene rings is 2. The maximum atomic E-state index is 12.6. The molecule has 0 bridgehead atoms. The maximum absolute atomic E-state index is 12.6. The average molecular weight is 320 g/mol. The summed E-state index contributed by atoms with van der Waals surface area (Å²) in [5.41, 5.74) is 2.43. The number of para-hydroxylation sites is 2. The Bertz CT molecular complexity index is 836. The molecule has 4 rings (SSSR count). The van der Waals surface area contributed by atoms with Crippen molar-refractivity contribution in [3.8, 4) is 11.4 Å². The van der Waals surface area contributed by atoms with Crippen LogP contribution in [0.1, 0.15) is 15.9 Å². The molecule has 0 fully saturated rings. The second-order valence-corrected chi connectivity index (χ2v) is 5.63. The second-order valence-electron chi connectivity index (χ2n) is 5.63. The van der Waals surface area contributed by atoms with E-state index >= 15 is 0 Å². The molecule has 3 aromatic rings. The number of carbonyl (C=O) groups is 1. The summed E-state index contributed by atoms with van der Waals surface area (Å²) < 4.78 is 7.43. The third-order valence-corrected chi connectivity index (χ3v) is 4.02. The van der Waals surface area contributed by atoms with Crippen LogP contribution in [0, 0.1) is 0 Å². The fraction of sp³-hybridized carbons (Fsp3) is 0.167. The number of nitrogens with zero attached hydrogens (tertiary/aromatic N) is 3. The molecule has 6 heteroatoms. The van der Waals surface area contributed by atoms with Crippen LogP contribution in [0.5, 0.6) is 5.75 Å². The van der Waals surface area contributed by atoms with Gasteiger partial charge in [-0.05, 0) is 23.8 Å². The van der Waals surface area contributed by atoms with E-state index in [0.717, 1.165) is 12.2 Å². The minimum absolute atomic E-state index is 0.0371. The lowest BCUT2D eigenvalue weighted by Crippen LogP contribution is -2.34. The summed E-state index contributed by atoms with van der Waals surface area (Å²) in [7, 11) is 0. The number of aromatic nitrogens is 3.